The van der Waals surface area contributed by atoms with Gasteiger partial charge in [-0.25, -0.2) is 0 Å². The molecular formula is C16H14BrN3O2S. The van der Waals surface area contributed by atoms with Gasteiger partial charge in [-0.2, -0.15) is 0 Å². The van der Waals surface area contributed by atoms with Gasteiger partial charge in [0.25, 0.3) is 11.8 Å². The number of fused-ring (bicyclic) bond motifs is 1. The number of hydrogen-bond acceptors (Lipinski definition) is 3. The Labute approximate surface area is 145 Å². The number of carbonyl (C=O) groups is 2. The largest absolute Gasteiger partial charge is 0.335 e. The zero-order chi connectivity index (χ0) is 16.4. The molecule has 0 aliphatic heterocycles. The molecule has 0 saturated carbocycles. The van der Waals surface area contributed by atoms with E-state index in [1.165, 1.54) is 11.3 Å². The van der Waals surface area contributed by atoms with E-state index in [4.69, 9.17) is 0 Å². The minimum atomic E-state index is -0.330. The minimum Gasteiger partial charge on any atom is -0.335 e. The van der Waals surface area contributed by atoms with Gasteiger partial charge in [-0.15, -0.1) is 11.3 Å². The van der Waals surface area contributed by atoms with E-state index in [0.717, 1.165) is 20.4 Å². The minimum absolute atomic E-state index is 0.147. The van der Waals surface area contributed by atoms with Gasteiger partial charge in [-0.05, 0) is 52.5 Å². The highest BCUT2D eigenvalue weighted by Gasteiger charge is 2.12. The highest BCUT2D eigenvalue weighted by molar-refractivity contribution is 9.11. The molecular weight excluding hydrogens is 378 g/mol. The van der Waals surface area contributed by atoms with Gasteiger partial charge in [0.15, 0.2) is 0 Å². The molecule has 2 N–H and O–H groups in total. The van der Waals surface area contributed by atoms with Gasteiger partial charge >= 0.3 is 0 Å². The molecule has 0 spiro atoms. The predicted octanol–water partition coefficient (Wildman–Crippen LogP) is 3.23. The van der Waals surface area contributed by atoms with E-state index in [0.29, 0.717) is 4.88 Å². The number of thiophene rings is 1. The number of amides is 2. The smallest absolute Gasteiger partial charge is 0.279 e. The van der Waals surface area contributed by atoms with E-state index in [2.05, 4.69) is 26.8 Å². The number of rotatable bonds is 3. The van der Waals surface area contributed by atoms with Crippen LogP contribution in [0.25, 0.3) is 10.9 Å². The van der Waals surface area contributed by atoms with Crippen LogP contribution in [0.5, 0.6) is 0 Å². The first kappa shape index (κ1) is 15.8. The number of nitrogens with zero attached hydrogens (tertiary/aromatic N) is 1. The van der Waals surface area contributed by atoms with Gasteiger partial charge in [-0.3, -0.25) is 20.4 Å². The van der Waals surface area contributed by atoms with Crippen LogP contribution in [-0.2, 0) is 11.3 Å². The van der Waals surface area contributed by atoms with Crippen molar-refractivity contribution < 1.29 is 9.59 Å². The molecule has 2 amide bonds. The fourth-order valence-corrected chi connectivity index (χ4v) is 3.65. The lowest BCUT2D eigenvalue weighted by Crippen LogP contribution is -2.43. The van der Waals surface area contributed by atoms with Gasteiger partial charge in [-0.1, -0.05) is 18.2 Å². The number of benzene rings is 1. The van der Waals surface area contributed by atoms with E-state index >= 15 is 0 Å². The lowest BCUT2D eigenvalue weighted by Gasteiger charge is -2.10. The van der Waals surface area contributed by atoms with Gasteiger partial charge in [0.05, 0.1) is 8.66 Å². The molecule has 2 aromatic heterocycles. The standard InChI is InChI=1S/C16H14BrN3O2S/c1-10-8-11-4-2-3-5-12(11)20(10)9-15(21)18-19-16(22)13-6-7-14(17)23-13/h2-8H,9H2,1H3,(H,18,21)(H,19,22). The Morgan fingerprint density at radius 3 is 2.70 bits per heavy atom. The maximum absolute atomic E-state index is 12.1. The van der Waals surface area contributed by atoms with Crippen molar-refractivity contribution >= 4 is 50.0 Å². The summed E-state index contributed by atoms with van der Waals surface area (Å²) in [6, 6.07) is 13.4. The van der Waals surface area contributed by atoms with E-state index < -0.39 is 0 Å². The molecule has 0 aliphatic rings. The van der Waals surface area contributed by atoms with Crippen LogP contribution >= 0.6 is 27.3 Å². The second-order valence-electron chi connectivity index (χ2n) is 5.04. The van der Waals surface area contributed by atoms with Crippen molar-refractivity contribution in [2.24, 2.45) is 0 Å². The average molecular weight is 392 g/mol. The molecule has 3 aromatic rings. The third-order valence-electron chi connectivity index (χ3n) is 3.43. The van der Waals surface area contributed by atoms with Crippen LogP contribution in [-0.4, -0.2) is 16.4 Å². The Morgan fingerprint density at radius 2 is 1.96 bits per heavy atom. The predicted molar refractivity (Wildman–Crippen MR) is 94.3 cm³/mol. The highest BCUT2D eigenvalue weighted by Crippen LogP contribution is 2.21. The lowest BCUT2D eigenvalue weighted by atomic mass is 10.2. The topological polar surface area (TPSA) is 63.1 Å². The molecule has 5 nitrogen and oxygen atoms in total. The third kappa shape index (κ3) is 3.46. The summed E-state index contributed by atoms with van der Waals surface area (Å²) < 4.78 is 2.78. The summed E-state index contributed by atoms with van der Waals surface area (Å²) in [6.45, 7) is 2.10. The Kier molecular flexibility index (Phi) is 4.49. The molecule has 3 rings (SSSR count). The summed E-state index contributed by atoms with van der Waals surface area (Å²) in [5.74, 6) is -0.610. The molecule has 0 unspecified atom stereocenters. The molecule has 0 fully saturated rings. The van der Waals surface area contributed by atoms with Gasteiger partial charge in [0, 0.05) is 11.2 Å². The summed E-state index contributed by atoms with van der Waals surface area (Å²) in [6.07, 6.45) is 0. The zero-order valence-electron chi connectivity index (χ0n) is 12.3. The van der Waals surface area contributed by atoms with E-state index in [1.807, 2.05) is 41.8 Å². The maximum atomic E-state index is 12.1. The molecule has 0 bridgehead atoms. The van der Waals surface area contributed by atoms with Crippen molar-refractivity contribution in [2.75, 3.05) is 0 Å². The third-order valence-corrected chi connectivity index (χ3v) is 5.05. The van der Waals surface area contributed by atoms with E-state index in [9.17, 15) is 9.59 Å². The SMILES string of the molecule is Cc1cc2ccccc2n1CC(=O)NNC(=O)c1ccc(Br)s1. The first-order valence-electron chi connectivity index (χ1n) is 6.94. The van der Waals surface area contributed by atoms with Crippen LogP contribution in [0.4, 0.5) is 0 Å². The van der Waals surface area contributed by atoms with Gasteiger partial charge < -0.3 is 4.57 Å². The summed E-state index contributed by atoms with van der Waals surface area (Å²) in [5, 5.41) is 1.09. The van der Waals surface area contributed by atoms with Crippen molar-refractivity contribution in [1.29, 1.82) is 0 Å². The monoisotopic (exact) mass is 391 g/mol. The van der Waals surface area contributed by atoms with E-state index in [-0.39, 0.29) is 18.4 Å². The van der Waals surface area contributed by atoms with Crippen molar-refractivity contribution in [3.8, 4) is 0 Å². The summed E-state index contributed by atoms with van der Waals surface area (Å²) in [4.78, 5) is 24.5. The number of para-hydroxylation sites is 1. The molecule has 1 aromatic carbocycles. The number of nitrogens with one attached hydrogen (secondary N) is 2. The van der Waals surface area contributed by atoms with Crippen LogP contribution in [0, 0.1) is 6.92 Å². The number of aromatic nitrogens is 1. The molecule has 0 atom stereocenters. The number of hydrogen-bond donors (Lipinski definition) is 2. The fourth-order valence-electron chi connectivity index (χ4n) is 2.37. The zero-order valence-corrected chi connectivity index (χ0v) is 14.7. The Morgan fingerprint density at radius 1 is 1.17 bits per heavy atom. The Bertz CT molecular complexity index is 884. The van der Waals surface area contributed by atoms with Crippen molar-refractivity contribution in [3.05, 3.63) is 56.8 Å². The second-order valence-corrected chi connectivity index (χ2v) is 7.50. The Hall–Kier alpha value is -2.12. The summed E-state index contributed by atoms with van der Waals surface area (Å²) in [7, 11) is 0. The number of aryl methyl sites for hydroxylation is 1. The first-order valence-corrected chi connectivity index (χ1v) is 8.55. The van der Waals surface area contributed by atoms with Gasteiger partial charge in [0.2, 0.25) is 0 Å². The van der Waals surface area contributed by atoms with Crippen LogP contribution in [0.2, 0.25) is 0 Å². The number of carbonyl (C=O) groups excluding carboxylic acids is 2. The average Bonchev–Trinajstić information content (AvgIpc) is 3.09. The van der Waals surface area contributed by atoms with Crippen LogP contribution in [0.3, 0.4) is 0 Å². The van der Waals surface area contributed by atoms with Crippen LogP contribution < -0.4 is 10.9 Å². The molecule has 2 heterocycles. The van der Waals surface area contributed by atoms with E-state index in [1.54, 1.807) is 12.1 Å². The normalized spacial score (nSPS) is 10.7. The second kappa shape index (κ2) is 6.55. The maximum Gasteiger partial charge on any atom is 0.279 e. The number of hydrazine groups is 1. The lowest BCUT2D eigenvalue weighted by molar-refractivity contribution is -0.122. The van der Waals surface area contributed by atoms with Crippen molar-refractivity contribution in [2.45, 2.75) is 13.5 Å². The molecule has 0 saturated heterocycles. The fraction of sp³-hybridized carbons (Fsp3) is 0.125. The summed E-state index contributed by atoms with van der Waals surface area (Å²) >= 11 is 4.60. The van der Waals surface area contributed by atoms with Gasteiger partial charge in [0.1, 0.15) is 6.54 Å². The summed E-state index contributed by atoms with van der Waals surface area (Å²) in [5.41, 5.74) is 6.87. The Balaban J connectivity index is 1.65. The quantitative estimate of drug-likeness (QED) is 0.673. The first-order chi connectivity index (χ1) is 11.0. The van der Waals surface area contributed by atoms with Crippen LogP contribution in [0.15, 0.2) is 46.3 Å². The molecule has 7 heteroatoms. The van der Waals surface area contributed by atoms with Crippen LogP contribution in [0.1, 0.15) is 15.4 Å². The molecule has 23 heavy (non-hydrogen) atoms. The molecule has 0 radical (unpaired) electrons. The number of halogens is 1. The van der Waals surface area contributed by atoms with Crippen molar-refractivity contribution in [3.63, 3.8) is 0 Å². The molecule has 0 aliphatic carbocycles. The highest BCUT2D eigenvalue weighted by atomic mass is 79.9. The van der Waals surface area contributed by atoms with Crippen molar-refractivity contribution in [1.82, 2.24) is 15.4 Å². The molecule has 118 valence electrons.